The number of hydrogen-bond donors (Lipinski definition) is 2. The van der Waals surface area contributed by atoms with Gasteiger partial charge in [-0.05, 0) is 75.9 Å². The molecular weight excluding hydrogens is 488 g/mol. The highest BCUT2D eigenvalue weighted by molar-refractivity contribution is 7.99. The summed E-state index contributed by atoms with van der Waals surface area (Å²) in [7, 11) is 0. The van der Waals surface area contributed by atoms with Gasteiger partial charge in [0.2, 0.25) is 0 Å². The summed E-state index contributed by atoms with van der Waals surface area (Å²) < 4.78 is 11.1. The molecule has 2 rings (SSSR count). The molecule has 2 N–H and O–H groups in total. The van der Waals surface area contributed by atoms with Crippen molar-refractivity contribution in [3.8, 4) is 11.5 Å². The lowest BCUT2D eigenvalue weighted by Crippen LogP contribution is -2.15. The number of carbonyl (C=O) groups excluding carboxylic acids is 2. The summed E-state index contributed by atoms with van der Waals surface area (Å²) in [6.45, 7) is 8.08. The molecule has 0 bridgehead atoms. The predicted molar refractivity (Wildman–Crippen MR) is 148 cm³/mol. The minimum absolute atomic E-state index is 0.0396. The Balaban J connectivity index is 2.05. The maximum atomic E-state index is 12.7. The van der Waals surface area contributed by atoms with Gasteiger partial charge in [0.15, 0.2) is 0 Å². The lowest BCUT2D eigenvalue weighted by atomic mass is 10.1. The van der Waals surface area contributed by atoms with Gasteiger partial charge in [0.1, 0.15) is 11.5 Å². The third-order valence-corrected chi connectivity index (χ3v) is 7.25. The van der Waals surface area contributed by atoms with Crippen molar-refractivity contribution in [2.24, 2.45) is 0 Å². The van der Waals surface area contributed by atoms with Gasteiger partial charge in [-0.25, -0.2) is 9.59 Å². The highest BCUT2D eigenvalue weighted by Crippen LogP contribution is 2.40. The van der Waals surface area contributed by atoms with Crippen molar-refractivity contribution in [2.45, 2.75) is 114 Å². The van der Waals surface area contributed by atoms with Crippen LogP contribution in [-0.2, 0) is 9.47 Å². The lowest BCUT2D eigenvalue weighted by molar-refractivity contribution is 0.0309. The molecular formula is C30H42O6S. The second kappa shape index (κ2) is 16.2. The fourth-order valence-electron chi connectivity index (χ4n) is 3.90. The molecule has 2 atom stereocenters. The number of benzene rings is 2. The van der Waals surface area contributed by atoms with Crippen molar-refractivity contribution < 1.29 is 29.3 Å². The average molecular weight is 531 g/mol. The molecule has 0 aliphatic carbocycles. The van der Waals surface area contributed by atoms with E-state index in [1.54, 1.807) is 0 Å². The van der Waals surface area contributed by atoms with E-state index in [0.717, 1.165) is 63.1 Å². The van der Waals surface area contributed by atoms with E-state index in [2.05, 4.69) is 13.8 Å². The van der Waals surface area contributed by atoms with Gasteiger partial charge in [-0.2, -0.15) is 0 Å². The van der Waals surface area contributed by atoms with Crippen LogP contribution in [0.25, 0.3) is 0 Å². The van der Waals surface area contributed by atoms with Gasteiger partial charge in [0, 0.05) is 0 Å². The molecule has 0 fully saturated rings. The number of ether oxygens (including phenoxy) is 2. The maximum Gasteiger partial charge on any atom is 0.338 e. The van der Waals surface area contributed by atoms with E-state index in [1.165, 1.54) is 49.2 Å². The minimum Gasteiger partial charge on any atom is -0.507 e. The topological polar surface area (TPSA) is 93.1 Å². The van der Waals surface area contributed by atoms with Crippen molar-refractivity contribution in [3.63, 3.8) is 0 Å². The number of aromatic hydroxyl groups is 2. The van der Waals surface area contributed by atoms with Crippen LogP contribution in [0, 0.1) is 0 Å². The first-order valence-electron chi connectivity index (χ1n) is 13.5. The first kappa shape index (κ1) is 30.6. The van der Waals surface area contributed by atoms with Crippen LogP contribution in [0.5, 0.6) is 11.5 Å². The molecule has 0 heterocycles. The number of phenols is 2. The molecule has 37 heavy (non-hydrogen) atoms. The summed E-state index contributed by atoms with van der Waals surface area (Å²) in [6.07, 6.45) is 10.1. The third kappa shape index (κ3) is 10.7. The molecule has 0 aromatic heterocycles. The van der Waals surface area contributed by atoms with Crippen molar-refractivity contribution in [3.05, 3.63) is 47.5 Å². The standard InChI is InChI=1S/C30H42O6S/c1-5-7-9-11-13-21(3)35-29(33)23-15-17-25(31)27(19-23)37-28-20-24(16-18-26(28)32)30(34)36-22(4)14-12-10-8-6-2/h15-22,31-32H,5-14H2,1-4H3. The highest BCUT2D eigenvalue weighted by atomic mass is 32.2. The third-order valence-electron chi connectivity index (χ3n) is 6.16. The van der Waals surface area contributed by atoms with E-state index in [9.17, 15) is 19.8 Å². The number of carbonyl (C=O) groups is 2. The van der Waals surface area contributed by atoms with Crippen molar-refractivity contribution >= 4 is 23.7 Å². The van der Waals surface area contributed by atoms with E-state index in [1.807, 2.05) is 13.8 Å². The first-order valence-corrected chi connectivity index (χ1v) is 14.3. The molecule has 204 valence electrons. The highest BCUT2D eigenvalue weighted by Gasteiger charge is 2.18. The van der Waals surface area contributed by atoms with Crippen LogP contribution in [0.3, 0.4) is 0 Å². The fraction of sp³-hybridized carbons (Fsp3) is 0.533. The molecule has 7 heteroatoms. The van der Waals surface area contributed by atoms with Crippen LogP contribution in [-0.4, -0.2) is 34.4 Å². The van der Waals surface area contributed by atoms with Crippen LogP contribution in [0.2, 0.25) is 0 Å². The predicted octanol–water partition coefficient (Wildman–Crippen LogP) is 8.28. The van der Waals surface area contributed by atoms with Gasteiger partial charge in [0.05, 0.1) is 33.1 Å². The van der Waals surface area contributed by atoms with Gasteiger partial charge in [-0.1, -0.05) is 64.1 Å². The number of phenolic OH excluding ortho intramolecular Hbond substituents is 2. The number of hydrogen-bond acceptors (Lipinski definition) is 7. The van der Waals surface area contributed by atoms with E-state index >= 15 is 0 Å². The van der Waals surface area contributed by atoms with Crippen LogP contribution in [0.15, 0.2) is 46.2 Å². The maximum absolute atomic E-state index is 12.7. The minimum atomic E-state index is -0.459. The number of rotatable bonds is 16. The Morgan fingerprint density at radius 2 is 1.11 bits per heavy atom. The summed E-state index contributed by atoms with van der Waals surface area (Å²) in [5.74, 6) is -0.997. The fourth-order valence-corrected chi connectivity index (χ4v) is 4.85. The zero-order valence-electron chi connectivity index (χ0n) is 22.6. The van der Waals surface area contributed by atoms with Gasteiger partial charge in [0.25, 0.3) is 0 Å². The Morgan fingerprint density at radius 3 is 1.49 bits per heavy atom. The molecule has 0 saturated heterocycles. The van der Waals surface area contributed by atoms with Crippen LogP contribution >= 0.6 is 11.8 Å². The summed E-state index contributed by atoms with van der Waals surface area (Å²) in [6, 6.07) is 8.96. The molecule has 0 saturated carbocycles. The van der Waals surface area contributed by atoms with Crippen LogP contribution < -0.4 is 0 Å². The Morgan fingerprint density at radius 1 is 0.703 bits per heavy atom. The smallest absolute Gasteiger partial charge is 0.338 e. The molecule has 2 unspecified atom stereocenters. The molecule has 0 aliphatic heterocycles. The average Bonchev–Trinajstić information content (AvgIpc) is 2.87. The quantitative estimate of drug-likeness (QED) is 0.167. The summed E-state index contributed by atoms with van der Waals surface area (Å²) >= 11 is 1.06. The Kier molecular flexibility index (Phi) is 13.4. The van der Waals surface area contributed by atoms with E-state index in [0.29, 0.717) is 20.9 Å². The SMILES string of the molecule is CCCCCCC(C)OC(=O)c1ccc(O)c(Sc2cc(C(=O)OC(C)CCCCCC)ccc2O)c1. The normalized spacial score (nSPS) is 12.6. The Hall–Kier alpha value is -2.67. The molecule has 2 aromatic rings. The largest absolute Gasteiger partial charge is 0.507 e. The second-order valence-corrected chi connectivity index (χ2v) is 10.7. The first-order chi connectivity index (χ1) is 17.7. The Labute approximate surface area is 225 Å². The molecule has 6 nitrogen and oxygen atoms in total. The van der Waals surface area contributed by atoms with Crippen LogP contribution in [0.1, 0.15) is 113 Å². The summed E-state index contributed by atoms with van der Waals surface area (Å²) in [5, 5.41) is 20.8. The zero-order chi connectivity index (χ0) is 27.2. The zero-order valence-corrected chi connectivity index (χ0v) is 23.4. The van der Waals surface area contributed by atoms with Gasteiger partial charge in [-0.3, -0.25) is 0 Å². The molecule has 0 amide bonds. The Bertz CT molecular complexity index is 926. The van der Waals surface area contributed by atoms with Gasteiger partial charge >= 0.3 is 11.9 Å². The summed E-state index contributed by atoms with van der Waals surface area (Å²) in [5.41, 5.74) is 0.625. The van der Waals surface area contributed by atoms with Crippen molar-refractivity contribution in [1.29, 1.82) is 0 Å². The van der Waals surface area contributed by atoms with E-state index in [-0.39, 0.29) is 23.7 Å². The van der Waals surface area contributed by atoms with E-state index in [4.69, 9.17) is 9.47 Å². The molecule has 0 spiro atoms. The van der Waals surface area contributed by atoms with Crippen molar-refractivity contribution in [1.82, 2.24) is 0 Å². The molecule has 2 aromatic carbocycles. The second-order valence-electron chi connectivity index (χ2n) is 9.60. The lowest BCUT2D eigenvalue weighted by Gasteiger charge is -2.15. The van der Waals surface area contributed by atoms with Gasteiger partial charge in [-0.15, -0.1) is 0 Å². The summed E-state index contributed by atoms with van der Waals surface area (Å²) in [4.78, 5) is 26.1. The monoisotopic (exact) mass is 530 g/mol. The van der Waals surface area contributed by atoms with E-state index < -0.39 is 11.9 Å². The van der Waals surface area contributed by atoms with Crippen LogP contribution in [0.4, 0.5) is 0 Å². The molecule has 0 radical (unpaired) electrons. The van der Waals surface area contributed by atoms with Gasteiger partial charge < -0.3 is 19.7 Å². The molecule has 0 aliphatic rings. The number of esters is 2. The van der Waals surface area contributed by atoms with Crippen molar-refractivity contribution in [2.75, 3.05) is 0 Å². The number of unbranched alkanes of at least 4 members (excludes halogenated alkanes) is 6.